The fourth-order valence-electron chi connectivity index (χ4n) is 2.15. The van der Waals surface area contributed by atoms with Crippen LogP contribution in [0.4, 0.5) is 0 Å². The summed E-state index contributed by atoms with van der Waals surface area (Å²) in [5.74, 6) is 0. The Hall–Kier alpha value is 0.240. The molecule has 1 aliphatic rings. The third-order valence-electron chi connectivity index (χ3n) is 3.20. The van der Waals surface area contributed by atoms with Crippen molar-refractivity contribution in [1.29, 1.82) is 0 Å². The minimum Gasteiger partial charge on any atom is -0.378 e. The third-order valence-corrected chi connectivity index (χ3v) is 5.45. The molecule has 1 saturated heterocycles. The first-order chi connectivity index (χ1) is 8.16. The van der Waals surface area contributed by atoms with Gasteiger partial charge in [-0.05, 0) is 50.7 Å². The van der Waals surface area contributed by atoms with Crippen LogP contribution in [-0.2, 0) is 4.74 Å². The van der Waals surface area contributed by atoms with E-state index in [1.54, 1.807) is 11.3 Å². The van der Waals surface area contributed by atoms with Crippen molar-refractivity contribution in [3.05, 3.63) is 20.8 Å². The van der Waals surface area contributed by atoms with Crippen LogP contribution in [0.2, 0.25) is 4.34 Å². The van der Waals surface area contributed by atoms with E-state index in [1.807, 2.05) is 6.92 Å². The van der Waals surface area contributed by atoms with Gasteiger partial charge in [0.1, 0.15) is 0 Å². The summed E-state index contributed by atoms with van der Waals surface area (Å²) in [5.41, 5.74) is 1.13. The lowest BCUT2D eigenvalue weighted by molar-refractivity contribution is 0.0100. The quantitative estimate of drug-likeness (QED) is 0.681. The van der Waals surface area contributed by atoms with Crippen LogP contribution in [0.5, 0.6) is 0 Å². The molecule has 1 aliphatic heterocycles. The molecule has 1 aromatic rings. The van der Waals surface area contributed by atoms with Gasteiger partial charge in [-0.1, -0.05) is 11.6 Å². The fraction of sp³-hybridized carbons (Fsp3) is 0.692. The van der Waals surface area contributed by atoms with Gasteiger partial charge in [0, 0.05) is 11.5 Å². The molecule has 0 N–H and O–H groups in total. The van der Waals surface area contributed by atoms with Crippen molar-refractivity contribution in [3.8, 4) is 0 Å². The molecule has 0 bridgehead atoms. The maximum Gasteiger partial charge on any atom is 0.0960 e. The van der Waals surface area contributed by atoms with Crippen LogP contribution in [0.25, 0.3) is 0 Å². The predicted molar refractivity (Wildman–Crippen MR) is 75.5 cm³/mol. The molecule has 1 nitrogen and oxygen atoms in total. The highest BCUT2D eigenvalue weighted by Gasteiger charge is 2.18. The number of alkyl halides is 1. The molecule has 0 amide bonds. The molecule has 0 saturated carbocycles. The summed E-state index contributed by atoms with van der Waals surface area (Å²) in [6, 6.07) is 2.10. The molecule has 4 heteroatoms. The maximum atomic E-state index is 6.41. The topological polar surface area (TPSA) is 9.23 Å². The van der Waals surface area contributed by atoms with Crippen LogP contribution in [0.1, 0.15) is 47.9 Å². The van der Waals surface area contributed by atoms with E-state index in [9.17, 15) is 0 Å². The largest absolute Gasteiger partial charge is 0.378 e. The molecule has 1 aromatic heterocycles. The Labute approximate surface area is 117 Å². The van der Waals surface area contributed by atoms with Crippen molar-refractivity contribution >= 4 is 34.5 Å². The monoisotopic (exact) mass is 292 g/mol. The highest BCUT2D eigenvalue weighted by molar-refractivity contribution is 7.16. The standard InChI is InChI=1S/C13H18Cl2OS/c1-9-8-12(17-13(9)15)11(14)6-5-10-4-2-3-7-16-10/h8,10-11H,2-7H2,1H3. The maximum absolute atomic E-state index is 6.41. The van der Waals surface area contributed by atoms with Crippen molar-refractivity contribution in [2.24, 2.45) is 0 Å². The highest BCUT2D eigenvalue weighted by atomic mass is 35.5. The van der Waals surface area contributed by atoms with Crippen molar-refractivity contribution in [3.63, 3.8) is 0 Å². The van der Waals surface area contributed by atoms with Gasteiger partial charge in [-0.3, -0.25) is 0 Å². The highest BCUT2D eigenvalue weighted by Crippen LogP contribution is 2.37. The van der Waals surface area contributed by atoms with Gasteiger partial charge in [0.2, 0.25) is 0 Å². The van der Waals surface area contributed by atoms with Crippen molar-refractivity contribution in [2.45, 2.75) is 50.5 Å². The molecule has 2 atom stereocenters. The van der Waals surface area contributed by atoms with Gasteiger partial charge < -0.3 is 4.74 Å². The summed E-state index contributed by atoms with van der Waals surface area (Å²) in [6.45, 7) is 2.94. The molecule has 0 spiro atoms. The smallest absolute Gasteiger partial charge is 0.0960 e. The first kappa shape index (κ1) is 13.7. The lowest BCUT2D eigenvalue weighted by Gasteiger charge is -2.23. The van der Waals surface area contributed by atoms with Crippen LogP contribution >= 0.6 is 34.5 Å². The molecule has 17 heavy (non-hydrogen) atoms. The number of thiophene rings is 1. The van der Waals surface area contributed by atoms with Crippen LogP contribution in [-0.4, -0.2) is 12.7 Å². The number of hydrogen-bond donors (Lipinski definition) is 0. The van der Waals surface area contributed by atoms with Gasteiger partial charge in [-0.25, -0.2) is 0 Å². The molecule has 0 radical (unpaired) electrons. The Kier molecular flexibility index (Phi) is 5.16. The van der Waals surface area contributed by atoms with Crippen LogP contribution in [0.15, 0.2) is 6.07 Å². The van der Waals surface area contributed by atoms with E-state index >= 15 is 0 Å². The molecule has 96 valence electrons. The Morgan fingerprint density at radius 1 is 1.53 bits per heavy atom. The van der Waals surface area contributed by atoms with Crippen LogP contribution < -0.4 is 0 Å². The van der Waals surface area contributed by atoms with Crippen LogP contribution in [0.3, 0.4) is 0 Å². The van der Waals surface area contributed by atoms with E-state index < -0.39 is 0 Å². The first-order valence-electron chi connectivity index (χ1n) is 6.18. The number of halogens is 2. The predicted octanol–water partition coefficient (Wildman–Crippen LogP) is 5.34. The van der Waals surface area contributed by atoms with E-state index in [-0.39, 0.29) is 5.38 Å². The van der Waals surface area contributed by atoms with Crippen LogP contribution in [0, 0.1) is 6.92 Å². The van der Waals surface area contributed by atoms with E-state index in [1.165, 1.54) is 24.1 Å². The van der Waals surface area contributed by atoms with Gasteiger partial charge in [0.25, 0.3) is 0 Å². The number of rotatable bonds is 4. The van der Waals surface area contributed by atoms with E-state index in [0.29, 0.717) is 6.10 Å². The number of hydrogen-bond acceptors (Lipinski definition) is 2. The second-order valence-corrected chi connectivity index (χ2v) is 6.85. The molecular formula is C13H18Cl2OS. The summed E-state index contributed by atoms with van der Waals surface area (Å²) >= 11 is 14.1. The van der Waals surface area contributed by atoms with Gasteiger partial charge in [0.15, 0.2) is 0 Å². The Morgan fingerprint density at radius 2 is 2.35 bits per heavy atom. The zero-order valence-electron chi connectivity index (χ0n) is 10.0. The molecule has 0 aromatic carbocycles. The molecular weight excluding hydrogens is 275 g/mol. The van der Waals surface area contributed by atoms with Gasteiger partial charge in [0.05, 0.1) is 15.8 Å². The minimum absolute atomic E-state index is 0.0803. The van der Waals surface area contributed by atoms with E-state index in [4.69, 9.17) is 27.9 Å². The Balaban J connectivity index is 1.82. The lowest BCUT2D eigenvalue weighted by Crippen LogP contribution is -2.19. The molecule has 1 fully saturated rings. The molecule has 2 unspecified atom stereocenters. The summed E-state index contributed by atoms with van der Waals surface area (Å²) in [4.78, 5) is 1.19. The van der Waals surface area contributed by atoms with Gasteiger partial charge in [-0.15, -0.1) is 22.9 Å². The normalized spacial score (nSPS) is 22.6. The second-order valence-electron chi connectivity index (χ2n) is 4.64. The first-order valence-corrected chi connectivity index (χ1v) is 7.81. The minimum atomic E-state index is 0.0803. The summed E-state index contributed by atoms with van der Waals surface area (Å²) in [5, 5.41) is 0.0803. The summed E-state index contributed by atoms with van der Waals surface area (Å²) in [7, 11) is 0. The van der Waals surface area contributed by atoms with E-state index in [2.05, 4.69) is 6.07 Å². The lowest BCUT2D eigenvalue weighted by atomic mass is 10.0. The van der Waals surface area contributed by atoms with Gasteiger partial charge >= 0.3 is 0 Å². The zero-order chi connectivity index (χ0) is 12.3. The average Bonchev–Trinajstić information content (AvgIpc) is 2.68. The van der Waals surface area contributed by atoms with E-state index in [0.717, 1.165) is 29.3 Å². The molecule has 0 aliphatic carbocycles. The Bertz CT molecular complexity index is 339. The summed E-state index contributed by atoms with van der Waals surface area (Å²) < 4.78 is 6.57. The SMILES string of the molecule is Cc1cc(C(Cl)CCC2CCCCO2)sc1Cl. The fourth-order valence-corrected chi connectivity index (χ4v) is 3.70. The third kappa shape index (κ3) is 3.85. The van der Waals surface area contributed by atoms with Gasteiger partial charge in [-0.2, -0.15) is 0 Å². The average molecular weight is 293 g/mol. The second kappa shape index (κ2) is 6.42. The zero-order valence-corrected chi connectivity index (χ0v) is 12.4. The molecule has 2 rings (SSSR count). The summed E-state index contributed by atoms with van der Waals surface area (Å²) in [6.07, 6.45) is 6.14. The van der Waals surface area contributed by atoms with Crippen molar-refractivity contribution in [1.82, 2.24) is 0 Å². The van der Waals surface area contributed by atoms with Crippen molar-refractivity contribution < 1.29 is 4.74 Å². The molecule has 2 heterocycles. The number of ether oxygens (including phenoxy) is 1. The number of aryl methyl sites for hydroxylation is 1. The van der Waals surface area contributed by atoms with Crippen molar-refractivity contribution in [2.75, 3.05) is 6.61 Å². The Morgan fingerprint density at radius 3 is 2.94 bits per heavy atom.